The molecule has 4 rings (SSSR count). The number of nitriles is 1. The average molecular weight is 425 g/mol. The molecule has 2 heterocycles. The molecule has 2 aromatic carbocycles. The van der Waals surface area contributed by atoms with Crippen molar-refractivity contribution in [3.63, 3.8) is 0 Å². The van der Waals surface area contributed by atoms with Gasteiger partial charge in [0.25, 0.3) is 0 Å². The molecular weight excluding hydrogens is 406 g/mol. The fraction of sp³-hybridized carbons (Fsp3) is 0.238. The van der Waals surface area contributed by atoms with E-state index in [9.17, 15) is 18.5 Å². The number of fused-ring (bicyclic) bond motifs is 1. The van der Waals surface area contributed by atoms with Gasteiger partial charge in [0, 0.05) is 32.3 Å². The van der Waals surface area contributed by atoms with Gasteiger partial charge >= 0.3 is 0 Å². The minimum absolute atomic E-state index is 0.00465. The van der Waals surface area contributed by atoms with E-state index < -0.39 is 10.0 Å². The Kier molecular flexibility index (Phi) is 5.44. The lowest BCUT2D eigenvalue weighted by atomic mass is 10.2. The zero-order valence-corrected chi connectivity index (χ0v) is 16.8. The normalized spacial score (nSPS) is 16.6. The Balaban J connectivity index is 1.39. The van der Waals surface area contributed by atoms with Gasteiger partial charge < -0.3 is 14.4 Å². The van der Waals surface area contributed by atoms with Crippen LogP contribution in [-0.4, -0.2) is 56.5 Å². The molecule has 1 fully saturated rings. The number of piperazine rings is 1. The topological polar surface area (TPSA) is 99.9 Å². The molecule has 2 aliphatic heterocycles. The molecule has 30 heavy (non-hydrogen) atoms. The van der Waals surface area contributed by atoms with Crippen molar-refractivity contribution in [1.82, 2.24) is 9.21 Å². The third-order valence-electron chi connectivity index (χ3n) is 4.99. The van der Waals surface area contributed by atoms with Crippen LogP contribution in [-0.2, 0) is 14.8 Å². The molecule has 0 aromatic heterocycles. The van der Waals surface area contributed by atoms with Crippen LogP contribution in [0.25, 0.3) is 6.08 Å². The van der Waals surface area contributed by atoms with E-state index in [0.717, 1.165) is 5.56 Å². The van der Waals surface area contributed by atoms with E-state index in [0.29, 0.717) is 11.5 Å². The van der Waals surface area contributed by atoms with Gasteiger partial charge in [0.15, 0.2) is 11.5 Å². The van der Waals surface area contributed by atoms with Crippen molar-refractivity contribution >= 4 is 22.0 Å². The van der Waals surface area contributed by atoms with E-state index >= 15 is 0 Å². The maximum Gasteiger partial charge on any atom is 0.246 e. The highest BCUT2D eigenvalue weighted by atomic mass is 32.2. The first-order chi connectivity index (χ1) is 14.5. The van der Waals surface area contributed by atoms with Crippen molar-refractivity contribution in [3.05, 3.63) is 59.7 Å². The summed E-state index contributed by atoms with van der Waals surface area (Å²) in [7, 11) is -3.79. The third kappa shape index (κ3) is 3.87. The van der Waals surface area contributed by atoms with Crippen molar-refractivity contribution in [2.45, 2.75) is 4.90 Å². The van der Waals surface area contributed by atoms with Crippen molar-refractivity contribution in [2.24, 2.45) is 0 Å². The SMILES string of the molecule is N#Cc1ccccc1S(=O)(=O)N1CCN(C(=O)/C=C/c2ccc3c(c2)OCO3)CC1. The molecule has 0 spiro atoms. The number of sulfonamides is 1. The summed E-state index contributed by atoms with van der Waals surface area (Å²) in [6, 6.07) is 13.5. The number of ether oxygens (including phenoxy) is 2. The number of benzene rings is 2. The van der Waals surface area contributed by atoms with Crippen molar-refractivity contribution < 1.29 is 22.7 Å². The molecule has 8 nitrogen and oxygen atoms in total. The summed E-state index contributed by atoms with van der Waals surface area (Å²) in [5, 5.41) is 9.19. The second-order valence-electron chi connectivity index (χ2n) is 6.78. The van der Waals surface area contributed by atoms with Crippen molar-refractivity contribution in [2.75, 3.05) is 33.0 Å². The first-order valence-corrected chi connectivity index (χ1v) is 10.8. The van der Waals surface area contributed by atoms with E-state index in [2.05, 4.69) is 0 Å². The highest BCUT2D eigenvalue weighted by molar-refractivity contribution is 7.89. The number of hydrogen-bond donors (Lipinski definition) is 0. The second kappa shape index (κ2) is 8.18. The number of carbonyl (C=O) groups excluding carboxylic acids is 1. The molecular formula is C21H19N3O5S. The molecule has 0 N–H and O–H groups in total. The van der Waals surface area contributed by atoms with E-state index in [1.54, 1.807) is 35.2 Å². The fourth-order valence-electron chi connectivity index (χ4n) is 3.36. The molecule has 2 aromatic rings. The van der Waals surface area contributed by atoms with Gasteiger partial charge in [-0.2, -0.15) is 9.57 Å². The summed E-state index contributed by atoms with van der Waals surface area (Å²) in [6.07, 6.45) is 3.16. The van der Waals surface area contributed by atoms with Gasteiger partial charge in [0.1, 0.15) is 6.07 Å². The Hall–Kier alpha value is -3.35. The summed E-state index contributed by atoms with van der Waals surface area (Å²) < 4.78 is 37.7. The second-order valence-corrected chi connectivity index (χ2v) is 8.69. The summed E-state index contributed by atoms with van der Waals surface area (Å²) in [4.78, 5) is 14.1. The largest absolute Gasteiger partial charge is 0.454 e. The van der Waals surface area contributed by atoms with Gasteiger partial charge in [-0.1, -0.05) is 18.2 Å². The number of rotatable bonds is 4. The summed E-state index contributed by atoms with van der Waals surface area (Å²) in [5.74, 6) is 1.12. The molecule has 0 atom stereocenters. The van der Waals surface area contributed by atoms with Crippen LogP contribution in [0, 0.1) is 11.3 Å². The molecule has 0 unspecified atom stereocenters. The van der Waals surface area contributed by atoms with Crippen molar-refractivity contribution in [1.29, 1.82) is 5.26 Å². The maximum absolute atomic E-state index is 12.9. The van der Waals surface area contributed by atoms with Crippen LogP contribution in [0.5, 0.6) is 11.5 Å². The zero-order valence-electron chi connectivity index (χ0n) is 16.0. The molecule has 0 bridgehead atoms. The molecule has 9 heteroatoms. The first kappa shape index (κ1) is 19.9. The third-order valence-corrected chi connectivity index (χ3v) is 6.95. The molecule has 154 valence electrons. The van der Waals surface area contributed by atoms with E-state index in [-0.39, 0.29) is 49.3 Å². The highest BCUT2D eigenvalue weighted by Crippen LogP contribution is 2.32. The maximum atomic E-state index is 12.9. The van der Waals surface area contributed by atoms with Crippen LogP contribution in [0.15, 0.2) is 53.4 Å². The molecule has 1 saturated heterocycles. The standard InChI is InChI=1S/C21H19N3O5S/c22-14-17-3-1-2-4-20(17)30(26,27)24-11-9-23(10-12-24)21(25)8-6-16-5-7-18-19(13-16)29-15-28-18/h1-8,13H,9-12,15H2/b8-6+. The van der Waals surface area contributed by atoms with E-state index in [1.807, 2.05) is 12.1 Å². The van der Waals surface area contributed by atoms with Crippen LogP contribution in [0.2, 0.25) is 0 Å². The summed E-state index contributed by atoms with van der Waals surface area (Å²) in [5.41, 5.74) is 0.921. The van der Waals surface area contributed by atoms with Gasteiger partial charge in [0.05, 0.1) is 10.5 Å². The predicted octanol–water partition coefficient (Wildman–Crippen LogP) is 1.83. The van der Waals surface area contributed by atoms with Crippen LogP contribution in [0.4, 0.5) is 0 Å². The van der Waals surface area contributed by atoms with Gasteiger partial charge in [-0.05, 0) is 35.9 Å². The predicted molar refractivity (Wildman–Crippen MR) is 108 cm³/mol. The van der Waals surface area contributed by atoms with Gasteiger partial charge in [0.2, 0.25) is 22.7 Å². The molecule has 0 saturated carbocycles. The molecule has 1 amide bonds. The Morgan fingerprint density at radius 3 is 2.53 bits per heavy atom. The lowest BCUT2D eigenvalue weighted by molar-refractivity contribution is -0.127. The summed E-state index contributed by atoms with van der Waals surface area (Å²) >= 11 is 0. The monoisotopic (exact) mass is 425 g/mol. The minimum atomic E-state index is -3.79. The van der Waals surface area contributed by atoms with E-state index in [4.69, 9.17) is 9.47 Å². The quantitative estimate of drug-likeness (QED) is 0.693. The lowest BCUT2D eigenvalue weighted by Gasteiger charge is -2.33. The molecule has 0 aliphatic carbocycles. The Morgan fingerprint density at radius 2 is 1.77 bits per heavy atom. The van der Waals surface area contributed by atoms with Crippen LogP contribution < -0.4 is 9.47 Å². The number of nitrogens with zero attached hydrogens (tertiary/aromatic N) is 3. The number of hydrogen-bond acceptors (Lipinski definition) is 6. The lowest BCUT2D eigenvalue weighted by Crippen LogP contribution is -2.50. The first-order valence-electron chi connectivity index (χ1n) is 9.35. The zero-order chi connectivity index (χ0) is 21.1. The van der Waals surface area contributed by atoms with Crippen molar-refractivity contribution in [3.8, 4) is 17.6 Å². The van der Waals surface area contributed by atoms with Gasteiger partial charge in [-0.25, -0.2) is 8.42 Å². The Bertz CT molecular complexity index is 1150. The van der Waals surface area contributed by atoms with Crippen LogP contribution in [0.3, 0.4) is 0 Å². The Labute approximate surface area is 174 Å². The fourth-order valence-corrected chi connectivity index (χ4v) is 4.93. The van der Waals surface area contributed by atoms with Crippen LogP contribution >= 0.6 is 0 Å². The average Bonchev–Trinajstić information content (AvgIpc) is 3.25. The van der Waals surface area contributed by atoms with E-state index in [1.165, 1.54) is 22.5 Å². The van der Waals surface area contributed by atoms with Crippen LogP contribution in [0.1, 0.15) is 11.1 Å². The smallest absolute Gasteiger partial charge is 0.246 e. The number of carbonyl (C=O) groups is 1. The molecule has 0 radical (unpaired) electrons. The molecule has 2 aliphatic rings. The Morgan fingerprint density at radius 1 is 1.03 bits per heavy atom. The highest BCUT2D eigenvalue weighted by Gasteiger charge is 2.31. The minimum Gasteiger partial charge on any atom is -0.454 e. The van der Waals surface area contributed by atoms with Gasteiger partial charge in [-0.3, -0.25) is 4.79 Å². The van der Waals surface area contributed by atoms with Gasteiger partial charge in [-0.15, -0.1) is 0 Å². The number of amides is 1. The summed E-state index contributed by atoms with van der Waals surface area (Å²) in [6.45, 7) is 1.08.